The van der Waals surface area contributed by atoms with Crippen LogP contribution >= 0.6 is 0 Å². The molecule has 2 saturated carbocycles. The second kappa shape index (κ2) is 4.13. The number of aryl methyl sites for hydroxylation is 1. The molecule has 92 valence electrons. The first kappa shape index (κ1) is 11.3. The first-order chi connectivity index (χ1) is 8.15. The van der Waals surface area contributed by atoms with Crippen molar-refractivity contribution in [2.45, 2.75) is 42.8 Å². The Morgan fingerprint density at radius 1 is 1.29 bits per heavy atom. The van der Waals surface area contributed by atoms with Gasteiger partial charge in [0.1, 0.15) is 0 Å². The lowest BCUT2D eigenvalue weighted by atomic mass is 10.0. The minimum Gasteiger partial charge on any atom is -0.399 e. The molecular formula is C14H19NOS. The van der Waals surface area contributed by atoms with Gasteiger partial charge in [0.05, 0.1) is 10.8 Å². The summed E-state index contributed by atoms with van der Waals surface area (Å²) in [6.07, 6.45) is 5.12. The number of benzene rings is 1. The number of fused-ring (bicyclic) bond motifs is 2. The summed E-state index contributed by atoms with van der Waals surface area (Å²) in [5, 5.41) is 0.399. The summed E-state index contributed by atoms with van der Waals surface area (Å²) < 4.78 is 12.6. The van der Waals surface area contributed by atoms with Crippen LogP contribution in [0.2, 0.25) is 0 Å². The highest BCUT2D eigenvalue weighted by Gasteiger charge is 2.42. The normalized spacial score (nSPS) is 32.9. The molecule has 0 saturated heterocycles. The van der Waals surface area contributed by atoms with Gasteiger partial charge in [-0.15, -0.1) is 0 Å². The van der Waals surface area contributed by atoms with E-state index in [1.165, 1.54) is 25.7 Å². The van der Waals surface area contributed by atoms with Crippen molar-refractivity contribution >= 4 is 16.5 Å². The maximum absolute atomic E-state index is 12.6. The molecule has 0 aromatic heterocycles. The Morgan fingerprint density at radius 3 is 2.71 bits per heavy atom. The summed E-state index contributed by atoms with van der Waals surface area (Å²) in [6, 6.07) is 5.75. The van der Waals surface area contributed by atoms with E-state index < -0.39 is 10.8 Å². The van der Waals surface area contributed by atoms with Gasteiger partial charge in [0.15, 0.2) is 0 Å². The predicted molar refractivity (Wildman–Crippen MR) is 71.2 cm³/mol. The van der Waals surface area contributed by atoms with E-state index in [0.717, 1.165) is 22.1 Å². The quantitative estimate of drug-likeness (QED) is 0.819. The molecule has 17 heavy (non-hydrogen) atoms. The fourth-order valence-electron chi connectivity index (χ4n) is 3.51. The zero-order valence-corrected chi connectivity index (χ0v) is 11.0. The van der Waals surface area contributed by atoms with E-state index in [9.17, 15) is 4.21 Å². The Kier molecular flexibility index (Phi) is 2.74. The third-order valence-electron chi connectivity index (χ3n) is 4.36. The van der Waals surface area contributed by atoms with Crippen molar-refractivity contribution in [2.75, 3.05) is 5.73 Å². The molecule has 3 rings (SSSR count). The highest BCUT2D eigenvalue weighted by molar-refractivity contribution is 7.85. The van der Waals surface area contributed by atoms with Gasteiger partial charge in [-0.1, -0.05) is 6.42 Å². The van der Waals surface area contributed by atoms with Gasteiger partial charge >= 0.3 is 0 Å². The van der Waals surface area contributed by atoms with Crippen LogP contribution in [0.1, 0.15) is 31.2 Å². The molecule has 0 amide bonds. The molecule has 0 spiro atoms. The van der Waals surface area contributed by atoms with Crippen molar-refractivity contribution in [1.29, 1.82) is 0 Å². The fraction of sp³-hybridized carbons (Fsp3) is 0.571. The lowest BCUT2D eigenvalue weighted by molar-refractivity contribution is 0.482. The summed E-state index contributed by atoms with van der Waals surface area (Å²) in [7, 11) is -0.834. The third-order valence-corrected chi connectivity index (χ3v) is 6.38. The van der Waals surface area contributed by atoms with Crippen molar-refractivity contribution in [3.63, 3.8) is 0 Å². The van der Waals surface area contributed by atoms with Crippen molar-refractivity contribution in [3.05, 3.63) is 23.8 Å². The van der Waals surface area contributed by atoms with Crippen LogP contribution in [0.25, 0.3) is 0 Å². The van der Waals surface area contributed by atoms with Crippen LogP contribution in [0.15, 0.2) is 23.1 Å². The van der Waals surface area contributed by atoms with E-state index >= 15 is 0 Å². The van der Waals surface area contributed by atoms with E-state index in [1.807, 2.05) is 25.1 Å². The van der Waals surface area contributed by atoms with E-state index in [0.29, 0.717) is 11.2 Å². The molecule has 4 atom stereocenters. The van der Waals surface area contributed by atoms with Crippen molar-refractivity contribution in [1.82, 2.24) is 0 Å². The van der Waals surface area contributed by atoms with Gasteiger partial charge in [0.25, 0.3) is 0 Å². The maximum atomic E-state index is 12.6. The van der Waals surface area contributed by atoms with Crippen molar-refractivity contribution < 1.29 is 4.21 Å². The average molecular weight is 249 g/mol. The van der Waals surface area contributed by atoms with E-state index in [2.05, 4.69) is 0 Å². The first-order valence-corrected chi connectivity index (χ1v) is 7.63. The number of anilines is 1. The second-order valence-electron chi connectivity index (χ2n) is 5.54. The zero-order valence-electron chi connectivity index (χ0n) is 10.2. The summed E-state index contributed by atoms with van der Waals surface area (Å²) >= 11 is 0. The number of hydrogen-bond acceptors (Lipinski definition) is 2. The standard InChI is InChI=1S/C14H19NOS/c1-9-6-12(15)4-5-13(9)17(16)14-8-10-2-3-11(14)7-10/h4-6,10-11,14H,2-3,7-8,15H2,1H3. The van der Waals surface area contributed by atoms with Gasteiger partial charge in [0.2, 0.25) is 0 Å². The Balaban J connectivity index is 1.87. The molecule has 2 aliphatic carbocycles. The van der Waals surface area contributed by atoms with E-state index in [1.54, 1.807) is 0 Å². The fourth-order valence-corrected chi connectivity index (χ4v) is 5.46. The molecular weight excluding hydrogens is 230 g/mol. The summed E-state index contributed by atoms with van der Waals surface area (Å²) in [5.74, 6) is 1.56. The predicted octanol–water partition coefficient (Wildman–Crippen LogP) is 2.87. The van der Waals surface area contributed by atoms with Crippen LogP contribution in [-0.4, -0.2) is 9.46 Å². The minimum atomic E-state index is -0.834. The molecule has 0 aliphatic heterocycles. The van der Waals surface area contributed by atoms with E-state index in [-0.39, 0.29) is 0 Å². The van der Waals surface area contributed by atoms with Gasteiger partial charge in [-0.05, 0) is 61.8 Å². The molecule has 3 heteroatoms. The SMILES string of the molecule is Cc1cc(N)ccc1S(=O)C1CC2CCC1C2. The molecule has 2 aliphatic rings. The largest absolute Gasteiger partial charge is 0.399 e. The van der Waals surface area contributed by atoms with Crippen molar-refractivity contribution in [3.8, 4) is 0 Å². The summed E-state index contributed by atoms with van der Waals surface area (Å²) in [6.45, 7) is 2.01. The van der Waals surface area contributed by atoms with Gasteiger partial charge in [-0.3, -0.25) is 4.21 Å². The molecule has 1 aromatic carbocycles. The number of rotatable bonds is 2. The Morgan fingerprint density at radius 2 is 2.12 bits per heavy atom. The van der Waals surface area contributed by atoms with Crippen LogP contribution in [0.3, 0.4) is 0 Å². The molecule has 0 heterocycles. The smallest absolute Gasteiger partial charge is 0.0566 e. The molecule has 2 nitrogen and oxygen atoms in total. The van der Waals surface area contributed by atoms with Crippen LogP contribution < -0.4 is 5.73 Å². The average Bonchev–Trinajstić information content (AvgIpc) is 2.89. The lowest BCUT2D eigenvalue weighted by Gasteiger charge is -2.21. The second-order valence-corrected chi connectivity index (χ2v) is 7.18. The Labute approximate surface area is 105 Å². The lowest BCUT2D eigenvalue weighted by Crippen LogP contribution is -2.22. The molecule has 2 bridgehead atoms. The van der Waals surface area contributed by atoms with E-state index in [4.69, 9.17) is 5.73 Å². The summed E-state index contributed by atoms with van der Waals surface area (Å²) in [5.41, 5.74) is 7.58. The Bertz CT molecular complexity index is 471. The third kappa shape index (κ3) is 1.90. The van der Waals surface area contributed by atoms with Crippen LogP contribution in [0.4, 0.5) is 5.69 Å². The number of nitrogen functional groups attached to an aromatic ring is 1. The molecule has 2 fully saturated rings. The van der Waals surface area contributed by atoms with Gasteiger partial charge in [-0.2, -0.15) is 0 Å². The van der Waals surface area contributed by atoms with Gasteiger partial charge < -0.3 is 5.73 Å². The molecule has 4 unspecified atom stereocenters. The topological polar surface area (TPSA) is 43.1 Å². The maximum Gasteiger partial charge on any atom is 0.0566 e. The zero-order chi connectivity index (χ0) is 12.0. The molecule has 2 N–H and O–H groups in total. The van der Waals surface area contributed by atoms with Crippen LogP contribution in [0.5, 0.6) is 0 Å². The Hall–Kier alpha value is -0.830. The van der Waals surface area contributed by atoms with Crippen LogP contribution in [-0.2, 0) is 10.8 Å². The van der Waals surface area contributed by atoms with Crippen LogP contribution in [0, 0.1) is 18.8 Å². The first-order valence-electron chi connectivity index (χ1n) is 6.42. The van der Waals surface area contributed by atoms with Gasteiger partial charge in [0, 0.05) is 15.8 Å². The summed E-state index contributed by atoms with van der Waals surface area (Å²) in [4.78, 5) is 0.997. The highest BCUT2D eigenvalue weighted by atomic mass is 32.2. The molecule has 1 aromatic rings. The number of hydrogen-bond donors (Lipinski definition) is 1. The van der Waals surface area contributed by atoms with Gasteiger partial charge in [-0.25, -0.2) is 0 Å². The number of nitrogens with two attached hydrogens (primary N) is 1. The minimum absolute atomic E-state index is 0.399. The monoisotopic (exact) mass is 249 g/mol. The van der Waals surface area contributed by atoms with Crippen molar-refractivity contribution in [2.24, 2.45) is 11.8 Å². The highest BCUT2D eigenvalue weighted by Crippen LogP contribution is 2.47. The molecule has 0 radical (unpaired) electrons.